The summed E-state index contributed by atoms with van der Waals surface area (Å²) in [5.41, 5.74) is 0. The van der Waals surface area contributed by atoms with Crippen LogP contribution in [0.4, 0.5) is 0 Å². The topological polar surface area (TPSA) is 41.1 Å². The van der Waals surface area contributed by atoms with Gasteiger partial charge in [0.25, 0.3) is 0 Å². The van der Waals surface area contributed by atoms with Crippen molar-refractivity contribution >= 4 is 5.91 Å². The van der Waals surface area contributed by atoms with E-state index in [1.165, 1.54) is 0 Å². The van der Waals surface area contributed by atoms with Gasteiger partial charge in [0.05, 0.1) is 0 Å². The third-order valence-corrected chi connectivity index (χ3v) is 2.57. The molecular weight excluding hydrogens is 176 g/mol. The maximum atomic E-state index is 11.6. The molecule has 3 heteroatoms. The van der Waals surface area contributed by atoms with E-state index in [1.54, 1.807) is 0 Å². The van der Waals surface area contributed by atoms with Gasteiger partial charge in [-0.15, -0.1) is 0 Å². The molecular formula is C11H20N2O. The fourth-order valence-electron chi connectivity index (χ4n) is 1.67. The molecule has 2 atom stereocenters. The number of carbonyl (C=O) groups excluding carboxylic acids is 1. The minimum Gasteiger partial charge on any atom is -0.353 e. The predicted octanol–water partition coefficient (Wildman–Crippen LogP) is 1.07. The molecule has 1 amide bonds. The largest absolute Gasteiger partial charge is 0.353 e. The molecule has 0 heterocycles. The highest BCUT2D eigenvalue weighted by molar-refractivity contribution is 5.78. The summed E-state index contributed by atoms with van der Waals surface area (Å²) in [5, 5.41) is 6.08. The molecule has 0 radical (unpaired) electrons. The number of nitrogens with one attached hydrogen (secondary N) is 2. The maximum Gasteiger partial charge on any atom is 0.224 e. The van der Waals surface area contributed by atoms with Crippen LogP contribution in [0.25, 0.3) is 0 Å². The highest BCUT2D eigenvalue weighted by atomic mass is 16.1. The van der Waals surface area contributed by atoms with Gasteiger partial charge in [-0.25, -0.2) is 0 Å². The van der Waals surface area contributed by atoms with Crippen molar-refractivity contribution in [2.24, 2.45) is 5.92 Å². The van der Waals surface area contributed by atoms with E-state index in [1.807, 2.05) is 14.0 Å². The molecule has 1 rings (SSSR count). The third-order valence-electron chi connectivity index (χ3n) is 2.57. The predicted molar refractivity (Wildman–Crippen MR) is 58.0 cm³/mol. The molecule has 0 saturated heterocycles. The molecule has 0 bridgehead atoms. The molecule has 0 spiro atoms. The average molecular weight is 196 g/mol. The number of amides is 1. The zero-order valence-corrected chi connectivity index (χ0v) is 9.05. The smallest absolute Gasteiger partial charge is 0.224 e. The monoisotopic (exact) mass is 196 g/mol. The Kier molecular flexibility index (Phi) is 4.66. The van der Waals surface area contributed by atoms with Gasteiger partial charge in [-0.05, 0) is 26.3 Å². The summed E-state index contributed by atoms with van der Waals surface area (Å²) >= 11 is 0. The van der Waals surface area contributed by atoms with E-state index in [9.17, 15) is 4.79 Å². The van der Waals surface area contributed by atoms with Crippen LogP contribution in [-0.2, 0) is 4.79 Å². The lowest BCUT2D eigenvalue weighted by molar-refractivity contribution is -0.125. The van der Waals surface area contributed by atoms with Crippen molar-refractivity contribution in [1.29, 1.82) is 0 Å². The minimum atomic E-state index is 0.0610. The molecule has 2 unspecified atom stereocenters. The Morgan fingerprint density at radius 2 is 2.36 bits per heavy atom. The van der Waals surface area contributed by atoms with Crippen LogP contribution in [0.1, 0.15) is 26.2 Å². The van der Waals surface area contributed by atoms with Crippen molar-refractivity contribution in [3.8, 4) is 0 Å². The van der Waals surface area contributed by atoms with Gasteiger partial charge < -0.3 is 10.6 Å². The van der Waals surface area contributed by atoms with E-state index in [0.717, 1.165) is 25.8 Å². The minimum absolute atomic E-state index is 0.0610. The molecule has 3 nitrogen and oxygen atoms in total. The van der Waals surface area contributed by atoms with Crippen molar-refractivity contribution in [2.45, 2.75) is 32.2 Å². The molecule has 1 aliphatic carbocycles. The first-order chi connectivity index (χ1) is 6.74. The molecule has 0 aromatic carbocycles. The first kappa shape index (κ1) is 11.2. The molecule has 80 valence electrons. The zero-order valence-electron chi connectivity index (χ0n) is 9.05. The molecule has 0 fully saturated rings. The van der Waals surface area contributed by atoms with Crippen LogP contribution in [0.5, 0.6) is 0 Å². The first-order valence-corrected chi connectivity index (χ1v) is 5.34. The lowest BCUT2D eigenvalue weighted by Gasteiger charge is -2.21. The summed E-state index contributed by atoms with van der Waals surface area (Å²) in [4.78, 5) is 11.6. The van der Waals surface area contributed by atoms with E-state index in [4.69, 9.17) is 0 Å². The number of allylic oxidation sites excluding steroid dienone is 1. The van der Waals surface area contributed by atoms with E-state index >= 15 is 0 Å². The standard InChI is InChI=1S/C11H20N2O/c1-9(8-12-2)11(14)13-10-6-4-3-5-7-10/h3-4,9-10,12H,5-8H2,1-2H3,(H,13,14). The molecule has 0 aromatic rings. The van der Waals surface area contributed by atoms with Crippen LogP contribution < -0.4 is 10.6 Å². The van der Waals surface area contributed by atoms with E-state index in [0.29, 0.717) is 6.04 Å². The summed E-state index contributed by atoms with van der Waals surface area (Å²) in [6, 6.07) is 0.354. The number of rotatable bonds is 4. The van der Waals surface area contributed by atoms with E-state index < -0.39 is 0 Å². The van der Waals surface area contributed by atoms with Crippen molar-refractivity contribution in [2.75, 3.05) is 13.6 Å². The molecule has 0 aliphatic heterocycles. The van der Waals surface area contributed by atoms with Gasteiger partial charge in [-0.1, -0.05) is 19.1 Å². The molecule has 14 heavy (non-hydrogen) atoms. The summed E-state index contributed by atoms with van der Waals surface area (Å²) in [6.45, 7) is 2.69. The Bertz CT molecular complexity index is 213. The summed E-state index contributed by atoms with van der Waals surface area (Å²) < 4.78 is 0. The Balaban J connectivity index is 2.28. The second kappa shape index (κ2) is 5.81. The molecule has 0 aromatic heterocycles. The van der Waals surface area contributed by atoms with Crippen LogP contribution in [0, 0.1) is 5.92 Å². The van der Waals surface area contributed by atoms with Crippen LogP contribution >= 0.6 is 0 Å². The zero-order chi connectivity index (χ0) is 10.4. The summed E-state index contributed by atoms with van der Waals surface area (Å²) in [7, 11) is 1.87. The molecule has 1 aliphatic rings. The van der Waals surface area contributed by atoms with Crippen molar-refractivity contribution < 1.29 is 4.79 Å². The Labute approximate surface area is 86.0 Å². The van der Waals surface area contributed by atoms with Gasteiger partial charge in [0.1, 0.15) is 0 Å². The SMILES string of the molecule is CNCC(C)C(=O)NC1CC=CCC1. The maximum absolute atomic E-state index is 11.6. The van der Waals surface area contributed by atoms with Gasteiger partial charge in [0, 0.05) is 18.5 Å². The van der Waals surface area contributed by atoms with E-state index in [-0.39, 0.29) is 11.8 Å². The fraction of sp³-hybridized carbons (Fsp3) is 0.727. The van der Waals surface area contributed by atoms with Crippen molar-refractivity contribution in [3.05, 3.63) is 12.2 Å². The van der Waals surface area contributed by atoms with Gasteiger partial charge in [-0.3, -0.25) is 4.79 Å². The van der Waals surface area contributed by atoms with Crippen LogP contribution in [0.15, 0.2) is 12.2 Å². The number of carbonyl (C=O) groups is 1. The lowest BCUT2D eigenvalue weighted by atomic mass is 10.0. The highest BCUT2D eigenvalue weighted by Crippen LogP contribution is 2.11. The molecule has 2 N–H and O–H groups in total. The first-order valence-electron chi connectivity index (χ1n) is 5.34. The Hall–Kier alpha value is -0.830. The highest BCUT2D eigenvalue weighted by Gasteiger charge is 2.16. The Morgan fingerprint density at radius 1 is 1.57 bits per heavy atom. The average Bonchev–Trinajstić information content (AvgIpc) is 2.19. The van der Waals surface area contributed by atoms with Crippen LogP contribution in [0.3, 0.4) is 0 Å². The van der Waals surface area contributed by atoms with Gasteiger partial charge in [-0.2, -0.15) is 0 Å². The van der Waals surface area contributed by atoms with Crippen LogP contribution in [-0.4, -0.2) is 25.5 Å². The second-order valence-electron chi connectivity index (χ2n) is 3.95. The lowest BCUT2D eigenvalue weighted by Crippen LogP contribution is -2.41. The second-order valence-corrected chi connectivity index (χ2v) is 3.95. The molecule has 0 saturated carbocycles. The normalized spacial score (nSPS) is 23.1. The number of hydrogen-bond donors (Lipinski definition) is 2. The van der Waals surface area contributed by atoms with Crippen molar-refractivity contribution in [1.82, 2.24) is 10.6 Å². The van der Waals surface area contributed by atoms with Gasteiger partial charge in [0.2, 0.25) is 5.91 Å². The van der Waals surface area contributed by atoms with Crippen LogP contribution in [0.2, 0.25) is 0 Å². The summed E-state index contributed by atoms with van der Waals surface area (Å²) in [6.07, 6.45) is 7.48. The van der Waals surface area contributed by atoms with Crippen molar-refractivity contribution in [3.63, 3.8) is 0 Å². The third kappa shape index (κ3) is 3.50. The fourth-order valence-corrected chi connectivity index (χ4v) is 1.67. The van der Waals surface area contributed by atoms with Gasteiger partial charge >= 0.3 is 0 Å². The Morgan fingerprint density at radius 3 is 2.93 bits per heavy atom. The number of hydrogen-bond acceptors (Lipinski definition) is 2. The summed E-state index contributed by atoms with van der Waals surface area (Å²) in [5.74, 6) is 0.227. The van der Waals surface area contributed by atoms with Gasteiger partial charge in [0.15, 0.2) is 0 Å². The van der Waals surface area contributed by atoms with E-state index in [2.05, 4.69) is 22.8 Å². The quantitative estimate of drug-likeness (QED) is 0.660.